The standard InChI is InChI=1S/C31H35NO6/c1-3-4-5-6-9-20-37-25-18-14-24(15-19-25)31(36)38-26-16-12-23(13-17-26)21-28(30(34)35)32-29(33)27-11-8-7-10-22(27)2/h7-8,10-19,28H,3-6,9,20-21H2,1-2H3,(H,32,33)(H,34,35)/t28-/m0/s1. The van der Waals surface area contributed by atoms with Crippen LogP contribution in [0.2, 0.25) is 0 Å². The number of esters is 1. The molecule has 0 radical (unpaired) electrons. The maximum Gasteiger partial charge on any atom is 0.343 e. The smallest absolute Gasteiger partial charge is 0.343 e. The van der Waals surface area contributed by atoms with E-state index in [-0.39, 0.29) is 6.42 Å². The molecule has 0 saturated heterocycles. The van der Waals surface area contributed by atoms with Crippen LogP contribution in [0.15, 0.2) is 72.8 Å². The van der Waals surface area contributed by atoms with Crippen molar-refractivity contribution >= 4 is 17.8 Å². The number of carbonyl (C=O) groups excluding carboxylic acids is 2. The van der Waals surface area contributed by atoms with Gasteiger partial charge in [0.25, 0.3) is 5.91 Å². The Kier molecular flexibility index (Phi) is 10.9. The van der Waals surface area contributed by atoms with Crippen LogP contribution in [-0.2, 0) is 11.2 Å². The lowest BCUT2D eigenvalue weighted by Gasteiger charge is -2.16. The Morgan fingerprint density at radius 3 is 2.16 bits per heavy atom. The summed E-state index contributed by atoms with van der Waals surface area (Å²) in [4.78, 5) is 36.9. The van der Waals surface area contributed by atoms with Crippen molar-refractivity contribution in [2.45, 2.75) is 58.4 Å². The van der Waals surface area contributed by atoms with Gasteiger partial charge in [-0.05, 0) is 66.9 Å². The molecule has 38 heavy (non-hydrogen) atoms. The SMILES string of the molecule is CCCCCCCOc1ccc(C(=O)Oc2ccc(C[C@H](NC(=O)c3ccccc3C)C(=O)O)cc2)cc1. The summed E-state index contributed by atoms with van der Waals surface area (Å²) in [5, 5.41) is 12.2. The number of benzene rings is 3. The predicted molar refractivity (Wildman–Crippen MR) is 146 cm³/mol. The van der Waals surface area contributed by atoms with Gasteiger partial charge in [-0.1, -0.05) is 62.9 Å². The van der Waals surface area contributed by atoms with Crippen LogP contribution >= 0.6 is 0 Å². The minimum Gasteiger partial charge on any atom is -0.494 e. The van der Waals surface area contributed by atoms with Crippen molar-refractivity contribution < 1.29 is 29.0 Å². The first kappa shape index (κ1) is 28.4. The number of carboxylic acid groups (broad SMARTS) is 1. The quantitative estimate of drug-likeness (QED) is 0.155. The number of carbonyl (C=O) groups is 3. The number of hydrogen-bond acceptors (Lipinski definition) is 5. The number of carboxylic acids is 1. The minimum absolute atomic E-state index is 0.0846. The van der Waals surface area contributed by atoms with Crippen LogP contribution < -0.4 is 14.8 Å². The lowest BCUT2D eigenvalue weighted by molar-refractivity contribution is -0.139. The highest BCUT2D eigenvalue weighted by atomic mass is 16.5. The summed E-state index contributed by atoms with van der Waals surface area (Å²) in [6.07, 6.45) is 5.91. The third-order valence-corrected chi connectivity index (χ3v) is 6.17. The van der Waals surface area contributed by atoms with E-state index in [9.17, 15) is 19.5 Å². The van der Waals surface area contributed by atoms with Crippen LogP contribution in [0.5, 0.6) is 11.5 Å². The summed E-state index contributed by atoms with van der Waals surface area (Å²) < 4.78 is 11.2. The van der Waals surface area contributed by atoms with Crippen molar-refractivity contribution in [3.8, 4) is 11.5 Å². The second-order valence-electron chi connectivity index (χ2n) is 9.20. The van der Waals surface area contributed by atoms with Gasteiger partial charge in [-0.2, -0.15) is 0 Å². The Labute approximate surface area is 223 Å². The number of aliphatic carboxylic acids is 1. The van der Waals surface area contributed by atoms with Crippen molar-refractivity contribution in [1.29, 1.82) is 0 Å². The summed E-state index contributed by atoms with van der Waals surface area (Å²) in [6.45, 7) is 4.63. The predicted octanol–water partition coefficient (Wildman–Crippen LogP) is 5.99. The van der Waals surface area contributed by atoms with E-state index in [2.05, 4.69) is 12.2 Å². The van der Waals surface area contributed by atoms with Gasteiger partial charge in [0.2, 0.25) is 0 Å². The molecule has 7 nitrogen and oxygen atoms in total. The first-order chi connectivity index (χ1) is 18.4. The molecule has 1 atom stereocenters. The van der Waals surface area contributed by atoms with E-state index in [1.54, 1.807) is 73.7 Å². The molecule has 0 aliphatic heterocycles. The molecule has 0 fully saturated rings. The van der Waals surface area contributed by atoms with E-state index in [4.69, 9.17) is 9.47 Å². The highest BCUT2D eigenvalue weighted by molar-refractivity contribution is 5.97. The molecule has 3 aromatic rings. The summed E-state index contributed by atoms with van der Waals surface area (Å²) in [5.74, 6) is -1.03. The molecule has 0 saturated carbocycles. The fourth-order valence-electron chi connectivity index (χ4n) is 3.94. The maximum absolute atomic E-state index is 12.6. The van der Waals surface area contributed by atoms with Crippen LogP contribution in [0.4, 0.5) is 0 Å². The van der Waals surface area contributed by atoms with E-state index in [0.29, 0.717) is 34.8 Å². The molecule has 7 heteroatoms. The van der Waals surface area contributed by atoms with Crippen LogP contribution in [0.1, 0.15) is 70.9 Å². The van der Waals surface area contributed by atoms with Crippen LogP contribution in [0, 0.1) is 6.92 Å². The highest BCUT2D eigenvalue weighted by Gasteiger charge is 2.22. The Morgan fingerprint density at radius 2 is 1.50 bits per heavy atom. The molecular formula is C31H35NO6. The van der Waals surface area contributed by atoms with Gasteiger partial charge in [-0.15, -0.1) is 0 Å². The zero-order chi connectivity index (χ0) is 27.3. The van der Waals surface area contributed by atoms with Gasteiger partial charge in [-0.25, -0.2) is 9.59 Å². The highest BCUT2D eigenvalue weighted by Crippen LogP contribution is 2.18. The maximum atomic E-state index is 12.6. The average Bonchev–Trinajstić information content (AvgIpc) is 2.91. The van der Waals surface area contributed by atoms with Gasteiger partial charge in [0.15, 0.2) is 0 Å². The van der Waals surface area contributed by atoms with Crippen molar-refractivity contribution in [2.75, 3.05) is 6.61 Å². The lowest BCUT2D eigenvalue weighted by atomic mass is 10.0. The van der Waals surface area contributed by atoms with Crippen molar-refractivity contribution in [2.24, 2.45) is 0 Å². The Hall–Kier alpha value is -4.13. The Bertz CT molecular complexity index is 1200. The van der Waals surface area contributed by atoms with Gasteiger partial charge in [0.05, 0.1) is 12.2 Å². The number of hydrogen-bond donors (Lipinski definition) is 2. The van der Waals surface area contributed by atoms with Crippen LogP contribution in [-0.4, -0.2) is 35.6 Å². The average molecular weight is 518 g/mol. The first-order valence-electron chi connectivity index (χ1n) is 13.0. The van der Waals surface area contributed by atoms with Crippen LogP contribution in [0.25, 0.3) is 0 Å². The largest absolute Gasteiger partial charge is 0.494 e. The Balaban J connectivity index is 1.51. The number of aryl methyl sites for hydroxylation is 1. The molecular weight excluding hydrogens is 482 g/mol. The number of ether oxygens (including phenoxy) is 2. The van der Waals surface area contributed by atoms with Gasteiger partial charge in [0.1, 0.15) is 17.5 Å². The van der Waals surface area contributed by atoms with E-state index in [0.717, 1.165) is 18.4 Å². The minimum atomic E-state index is -1.13. The number of rotatable bonds is 14. The topological polar surface area (TPSA) is 102 Å². The zero-order valence-electron chi connectivity index (χ0n) is 21.9. The van der Waals surface area contributed by atoms with E-state index in [1.807, 2.05) is 6.07 Å². The summed E-state index contributed by atoms with van der Waals surface area (Å²) in [6, 6.07) is 19.3. The van der Waals surface area contributed by atoms with Crippen LogP contribution in [0.3, 0.4) is 0 Å². The second-order valence-corrected chi connectivity index (χ2v) is 9.20. The second kappa shape index (κ2) is 14.6. The fourth-order valence-corrected chi connectivity index (χ4v) is 3.94. The molecule has 0 aliphatic carbocycles. The number of unbranched alkanes of at least 4 members (excludes halogenated alkanes) is 4. The lowest BCUT2D eigenvalue weighted by Crippen LogP contribution is -2.42. The third kappa shape index (κ3) is 8.76. The van der Waals surface area contributed by atoms with Crippen molar-refractivity contribution in [3.63, 3.8) is 0 Å². The molecule has 0 bridgehead atoms. The molecule has 3 rings (SSSR count). The molecule has 1 amide bonds. The van der Waals surface area contributed by atoms with Crippen molar-refractivity contribution in [1.82, 2.24) is 5.32 Å². The van der Waals surface area contributed by atoms with Gasteiger partial charge in [0, 0.05) is 12.0 Å². The molecule has 3 aromatic carbocycles. The summed E-state index contributed by atoms with van der Waals surface area (Å²) in [5.41, 5.74) is 2.27. The van der Waals surface area contributed by atoms with E-state index in [1.165, 1.54) is 19.3 Å². The van der Waals surface area contributed by atoms with Gasteiger partial charge >= 0.3 is 11.9 Å². The number of nitrogens with one attached hydrogen (secondary N) is 1. The number of amides is 1. The van der Waals surface area contributed by atoms with E-state index < -0.39 is 23.9 Å². The molecule has 2 N–H and O–H groups in total. The zero-order valence-corrected chi connectivity index (χ0v) is 21.9. The Morgan fingerprint density at radius 1 is 0.842 bits per heavy atom. The van der Waals surface area contributed by atoms with Gasteiger partial charge in [-0.3, -0.25) is 4.79 Å². The molecule has 200 valence electrons. The third-order valence-electron chi connectivity index (χ3n) is 6.17. The molecule has 0 spiro atoms. The molecule has 0 unspecified atom stereocenters. The summed E-state index contributed by atoms with van der Waals surface area (Å²) in [7, 11) is 0. The normalized spacial score (nSPS) is 11.4. The van der Waals surface area contributed by atoms with Gasteiger partial charge < -0.3 is 19.9 Å². The molecule has 0 heterocycles. The van der Waals surface area contributed by atoms with Crippen molar-refractivity contribution in [3.05, 3.63) is 95.1 Å². The first-order valence-corrected chi connectivity index (χ1v) is 13.0. The summed E-state index contributed by atoms with van der Waals surface area (Å²) >= 11 is 0. The monoisotopic (exact) mass is 517 g/mol. The molecule has 0 aliphatic rings. The fraction of sp³-hybridized carbons (Fsp3) is 0.323. The molecule has 0 aromatic heterocycles. The van der Waals surface area contributed by atoms with E-state index >= 15 is 0 Å².